The van der Waals surface area contributed by atoms with Gasteiger partial charge in [0.2, 0.25) is 5.91 Å². The van der Waals surface area contributed by atoms with Gasteiger partial charge in [-0.15, -0.1) is 11.3 Å². The minimum Gasteiger partial charge on any atom is -0.326 e. The van der Waals surface area contributed by atoms with E-state index in [1.807, 2.05) is 25.1 Å². The molecule has 0 radical (unpaired) electrons. The standard InChI is InChI=1S/C14H16N2O3S2/c1-9-15-12-3-2-11(7-13(12)20-9)16-14(17)6-10-4-5-21(18,19)8-10/h2-3,7,10H,4-6,8H2,1H3,(H,16,17)/t10-/m0/s1. The minimum atomic E-state index is -2.93. The van der Waals surface area contributed by atoms with Crippen LogP contribution in [0.15, 0.2) is 18.2 Å². The molecule has 21 heavy (non-hydrogen) atoms. The lowest BCUT2D eigenvalue weighted by Gasteiger charge is -2.08. The number of aromatic nitrogens is 1. The highest BCUT2D eigenvalue weighted by atomic mass is 32.2. The van der Waals surface area contributed by atoms with Crippen LogP contribution in [0, 0.1) is 12.8 Å². The van der Waals surface area contributed by atoms with Crippen molar-refractivity contribution in [3.63, 3.8) is 0 Å². The number of sulfone groups is 1. The number of nitrogens with zero attached hydrogens (tertiary/aromatic N) is 1. The van der Waals surface area contributed by atoms with Crippen molar-refractivity contribution in [2.75, 3.05) is 16.8 Å². The number of amides is 1. The fourth-order valence-corrected chi connectivity index (χ4v) is 5.35. The molecule has 0 spiro atoms. The third kappa shape index (κ3) is 3.41. The second-order valence-corrected chi connectivity index (χ2v) is 8.90. The molecule has 1 aliphatic heterocycles. The lowest BCUT2D eigenvalue weighted by atomic mass is 10.1. The van der Waals surface area contributed by atoms with Gasteiger partial charge in [-0.3, -0.25) is 4.79 Å². The molecular weight excluding hydrogens is 308 g/mol. The maximum Gasteiger partial charge on any atom is 0.224 e. The molecule has 1 aromatic carbocycles. The van der Waals surface area contributed by atoms with E-state index in [1.165, 1.54) is 0 Å². The molecule has 7 heteroatoms. The Kier molecular flexibility index (Phi) is 3.71. The number of carbonyl (C=O) groups excluding carboxylic acids is 1. The predicted octanol–water partition coefficient (Wildman–Crippen LogP) is 2.37. The van der Waals surface area contributed by atoms with Crippen molar-refractivity contribution < 1.29 is 13.2 Å². The largest absolute Gasteiger partial charge is 0.326 e. The van der Waals surface area contributed by atoms with E-state index >= 15 is 0 Å². The molecule has 2 heterocycles. The Morgan fingerprint density at radius 2 is 2.29 bits per heavy atom. The molecule has 1 aromatic heterocycles. The van der Waals surface area contributed by atoms with Gasteiger partial charge in [-0.25, -0.2) is 13.4 Å². The van der Waals surface area contributed by atoms with Gasteiger partial charge in [0.1, 0.15) is 0 Å². The highest BCUT2D eigenvalue weighted by Crippen LogP contribution is 2.26. The minimum absolute atomic E-state index is 0.0515. The maximum atomic E-state index is 12.0. The highest BCUT2D eigenvalue weighted by Gasteiger charge is 2.29. The Balaban J connectivity index is 1.66. The maximum absolute atomic E-state index is 12.0. The van der Waals surface area contributed by atoms with E-state index in [-0.39, 0.29) is 29.8 Å². The average Bonchev–Trinajstić information content (AvgIpc) is 2.90. The van der Waals surface area contributed by atoms with Crippen molar-refractivity contribution in [3.05, 3.63) is 23.2 Å². The van der Waals surface area contributed by atoms with Crippen molar-refractivity contribution in [2.45, 2.75) is 19.8 Å². The molecule has 1 amide bonds. The summed E-state index contributed by atoms with van der Waals surface area (Å²) in [5, 5.41) is 3.83. The summed E-state index contributed by atoms with van der Waals surface area (Å²) >= 11 is 1.58. The highest BCUT2D eigenvalue weighted by molar-refractivity contribution is 7.91. The molecule has 5 nitrogen and oxygen atoms in total. The molecular formula is C14H16N2O3S2. The van der Waals surface area contributed by atoms with Gasteiger partial charge < -0.3 is 5.32 Å². The van der Waals surface area contributed by atoms with Crippen LogP contribution in [0.1, 0.15) is 17.8 Å². The van der Waals surface area contributed by atoms with Gasteiger partial charge in [0.25, 0.3) is 0 Å². The number of nitrogens with one attached hydrogen (secondary N) is 1. The monoisotopic (exact) mass is 324 g/mol. The molecule has 1 saturated heterocycles. The SMILES string of the molecule is Cc1nc2ccc(NC(=O)C[C@@H]3CCS(=O)(=O)C3)cc2s1. The van der Waals surface area contributed by atoms with E-state index in [1.54, 1.807) is 11.3 Å². The molecule has 0 unspecified atom stereocenters. The topological polar surface area (TPSA) is 76.1 Å². The summed E-state index contributed by atoms with van der Waals surface area (Å²) in [6, 6.07) is 5.61. The Hall–Kier alpha value is -1.47. The zero-order valence-corrected chi connectivity index (χ0v) is 13.3. The number of rotatable bonds is 3. The number of thiazole rings is 1. The zero-order chi connectivity index (χ0) is 15.0. The van der Waals surface area contributed by atoms with Gasteiger partial charge >= 0.3 is 0 Å². The molecule has 1 aliphatic rings. The molecule has 1 fully saturated rings. The second kappa shape index (κ2) is 5.38. The zero-order valence-electron chi connectivity index (χ0n) is 11.6. The summed E-state index contributed by atoms with van der Waals surface area (Å²) in [5.74, 6) is 0.159. The Bertz CT molecular complexity index is 796. The van der Waals surface area contributed by atoms with Crippen molar-refractivity contribution in [1.29, 1.82) is 0 Å². The summed E-state index contributed by atoms with van der Waals surface area (Å²) < 4.78 is 23.8. The lowest BCUT2D eigenvalue weighted by molar-refractivity contribution is -0.116. The second-order valence-electron chi connectivity index (χ2n) is 5.44. The number of anilines is 1. The van der Waals surface area contributed by atoms with Crippen molar-refractivity contribution >= 4 is 43.0 Å². The fourth-order valence-electron chi connectivity index (χ4n) is 2.62. The summed E-state index contributed by atoms with van der Waals surface area (Å²) in [4.78, 5) is 16.4. The summed E-state index contributed by atoms with van der Waals surface area (Å²) in [6.07, 6.45) is 0.849. The van der Waals surface area contributed by atoms with Crippen LogP contribution in [0.5, 0.6) is 0 Å². The van der Waals surface area contributed by atoms with E-state index < -0.39 is 9.84 Å². The molecule has 2 aromatic rings. The number of benzene rings is 1. The molecule has 1 atom stereocenters. The number of aryl methyl sites for hydroxylation is 1. The molecule has 112 valence electrons. The van der Waals surface area contributed by atoms with Crippen molar-refractivity contribution in [1.82, 2.24) is 4.98 Å². The van der Waals surface area contributed by atoms with Crippen LogP contribution in [0.4, 0.5) is 5.69 Å². The van der Waals surface area contributed by atoms with E-state index in [0.717, 1.165) is 20.9 Å². The first kappa shape index (κ1) is 14.5. The Labute approximate surface area is 127 Å². The van der Waals surface area contributed by atoms with E-state index in [4.69, 9.17) is 0 Å². The van der Waals surface area contributed by atoms with Gasteiger partial charge in [-0.2, -0.15) is 0 Å². The van der Waals surface area contributed by atoms with Gasteiger partial charge in [0.15, 0.2) is 9.84 Å². The first-order valence-electron chi connectivity index (χ1n) is 6.79. The van der Waals surface area contributed by atoms with Crippen LogP contribution >= 0.6 is 11.3 Å². The van der Waals surface area contributed by atoms with E-state index in [9.17, 15) is 13.2 Å². The van der Waals surface area contributed by atoms with Gasteiger partial charge in [0, 0.05) is 12.1 Å². The molecule has 1 N–H and O–H groups in total. The Morgan fingerprint density at radius 1 is 1.48 bits per heavy atom. The van der Waals surface area contributed by atoms with Gasteiger partial charge in [0.05, 0.1) is 26.7 Å². The average molecular weight is 324 g/mol. The molecule has 0 saturated carbocycles. The predicted molar refractivity (Wildman–Crippen MR) is 84.4 cm³/mol. The van der Waals surface area contributed by atoms with E-state index in [0.29, 0.717) is 6.42 Å². The van der Waals surface area contributed by atoms with Crippen LogP contribution < -0.4 is 5.32 Å². The molecule has 0 bridgehead atoms. The normalized spacial score (nSPS) is 20.7. The van der Waals surface area contributed by atoms with Crippen molar-refractivity contribution in [2.24, 2.45) is 5.92 Å². The van der Waals surface area contributed by atoms with Gasteiger partial charge in [-0.1, -0.05) is 0 Å². The molecule has 3 rings (SSSR count). The van der Waals surface area contributed by atoms with Crippen LogP contribution in [-0.4, -0.2) is 30.8 Å². The first-order valence-corrected chi connectivity index (χ1v) is 9.42. The third-order valence-electron chi connectivity index (χ3n) is 3.58. The van der Waals surface area contributed by atoms with Crippen LogP contribution in [-0.2, 0) is 14.6 Å². The quantitative estimate of drug-likeness (QED) is 0.940. The lowest BCUT2D eigenvalue weighted by Crippen LogP contribution is -2.17. The smallest absolute Gasteiger partial charge is 0.224 e. The summed E-state index contributed by atoms with van der Waals surface area (Å²) in [5.41, 5.74) is 1.66. The summed E-state index contributed by atoms with van der Waals surface area (Å²) in [6.45, 7) is 1.95. The number of hydrogen-bond acceptors (Lipinski definition) is 5. The van der Waals surface area contributed by atoms with Crippen molar-refractivity contribution in [3.8, 4) is 0 Å². The number of fused-ring (bicyclic) bond motifs is 1. The summed E-state index contributed by atoms with van der Waals surface area (Å²) in [7, 11) is -2.93. The van der Waals surface area contributed by atoms with E-state index in [2.05, 4.69) is 10.3 Å². The first-order chi connectivity index (χ1) is 9.91. The number of carbonyl (C=O) groups is 1. The van der Waals surface area contributed by atoms with Crippen LogP contribution in [0.3, 0.4) is 0 Å². The third-order valence-corrected chi connectivity index (χ3v) is 6.35. The Morgan fingerprint density at radius 3 is 3.00 bits per heavy atom. The molecule has 0 aliphatic carbocycles. The van der Waals surface area contributed by atoms with Crippen LogP contribution in [0.25, 0.3) is 10.2 Å². The van der Waals surface area contributed by atoms with Gasteiger partial charge in [-0.05, 0) is 37.5 Å². The van der Waals surface area contributed by atoms with Crippen LogP contribution in [0.2, 0.25) is 0 Å². The fraction of sp³-hybridized carbons (Fsp3) is 0.429. The number of hydrogen-bond donors (Lipinski definition) is 1.